The number of rotatable bonds is 6. The predicted octanol–water partition coefficient (Wildman–Crippen LogP) is -0.284. The van der Waals surface area contributed by atoms with Gasteiger partial charge in [-0.1, -0.05) is 6.08 Å². The van der Waals surface area contributed by atoms with Crippen molar-refractivity contribution in [2.75, 3.05) is 19.8 Å². The molecule has 0 aromatic heterocycles. The lowest BCUT2D eigenvalue weighted by Crippen LogP contribution is -2.38. The predicted molar refractivity (Wildman–Crippen MR) is 45.4 cm³/mol. The van der Waals surface area contributed by atoms with Gasteiger partial charge in [-0.05, 0) is 0 Å². The van der Waals surface area contributed by atoms with Gasteiger partial charge in [-0.25, -0.2) is 0 Å². The summed E-state index contributed by atoms with van der Waals surface area (Å²) < 4.78 is 15.5. The number of aliphatic hydroxyl groups excluding tert-OH is 1. The molecule has 0 amide bonds. The first kappa shape index (κ1) is 9.15. The molecule has 2 aliphatic rings. The van der Waals surface area contributed by atoms with E-state index in [0.717, 1.165) is 0 Å². The molecule has 4 unspecified atom stereocenters. The summed E-state index contributed by atoms with van der Waals surface area (Å²) in [6.45, 7) is 5.29. The second-order valence-electron chi connectivity index (χ2n) is 3.32. The molecule has 13 heavy (non-hydrogen) atoms. The summed E-state index contributed by atoms with van der Waals surface area (Å²) in [4.78, 5) is 0. The zero-order chi connectivity index (χ0) is 9.26. The van der Waals surface area contributed by atoms with Gasteiger partial charge in [0.15, 0.2) is 0 Å². The Hall–Kier alpha value is -0.420. The summed E-state index contributed by atoms with van der Waals surface area (Å²) in [5.41, 5.74) is 0. The minimum absolute atomic E-state index is 0.0409. The molecule has 74 valence electrons. The van der Waals surface area contributed by atoms with Crippen molar-refractivity contribution < 1.29 is 19.3 Å². The van der Waals surface area contributed by atoms with Gasteiger partial charge in [0.1, 0.15) is 24.4 Å². The van der Waals surface area contributed by atoms with E-state index in [9.17, 15) is 5.11 Å². The molecular weight excluding hydrogens is 172 g/mol. The molecule has 2 aliphatic heterocycles. The SMILES string of the molecule is C=CCOC(C1CO1)C(O)C1CO1. The fourth-order valence-corrected chi connectivity index (χ4v) is 1.31. The monoisotopic (exact) mass is 186 g/mol. The van der Waals surface area contributed by atoms with Crippen LogP contribution in [0.25, 0.3) is 0 Å². The second kappa shape index (κ2) is 3.75. The number of hydrogen-bond acceptors (Lipinski definition) is 4. The van der Waals surface area contributed by atoms with Crippen LogP contribution >= 0.6 is 0 Å². The van der Waals surface area contributed by atoms with E-state index in [2.05, 4.69) is 6.58 Å². The molecule has 2 heterocycles. The van der Waals surface area contributed by atoms with Crippen molar-refractivity contribution in [1.82, 2.24) is 0 Å². The van der Waals surface area contributed by atoms with Crippen LogP contribution in [0.15, 0.2) is 12.7 Å². The van der Waals surface area contributed by atoms with Crippen LogP contribution in [0.4, 0.5) is 0 Å². The topological polar surface area (TPSA) is 54.5 Å². The van der Waals surface area contributed by atoms with Crippen LogP contribution in [0.3, 0.4) is 0 Å². The van der Waals surface area contributed by atoms with Crippen LogP contribution < -0.4 is 0 Å². The highest BCUT2D eigenvalue weighted by atomic mass is 16.6. The van der Waals surface area contributed by atoms with Crippen LogP contribution in [0.1, 0.15) is 0 Å². The maximum absolute atomic E-state index is 9.72. The molecule has 0 radical (unpaired) electrons. The lowest BCUT2D eigenvalue weighted by molar-refractivity contribution is -0.0504. The highest BCUT2D eigenvalue weighted by Gasteiger charge is 2.45. The van der Waals surface area contributed by atoms with Crippen molar-refractivity contribution in [3.63, 3.8) is 0 Å². The maximum atomic E-state index is 9.72. The highest BCUT2D eigenvalue weighted by Crippen LogP contribution is 2.26. The summed E-state index contributed by atoms with van der Waals surface area (Å²) in [6, 6.07) is 0. The van der Waals surface area contributed by atoms with Crippen LogP contribution in [-0.2, 0) is 14.2 Å². The van der Waals surface area contributed by atoms with Crippen LogP contribution in [-0.4, -0.2) is 49.3 Å². The lowest BCUT2D eigenvalue weighted by Gasteiger charge is -2.19. The number of ether oxygens (including phenoxy) is 3. The largest absolute Gasteiger partial charge is 0.387 e. The van der Waals surface area contributed by atoms with Crippen LogP contribution in [0, 0.1) is 0 Å². The van der Waals surface area contributed by atoms with Gasteiger partial charge < -0.3 is 19.3 Å². The molecule has 2 saturated heterocycles. The third-order valence-electron chi connectivity index (χ3n) is 2.21. The number of aliphatic hydroxyl groups is 1. The number of epoxide rings is 2. The molecule has 2 rings (SSSR count). The van der Waals surface area contributed by atoms with Crippen molar-refractivity contribution in [1.29, 1.82) is 0 Å². The quantitative estimate of drug-likeness (QED) is 0.457. The summed E-state index contributed by atoms with van der Waals surface area (Å²) in [5.74, 6) is 0. The first-order chi connectivity index (χ1) is 6.33. The van der Waals surface area contributed by atoms with Gasteiger partial charge in [0.2, 0.25) is 0 Å². The fourth-order valence-electron chi connectivity index (χ4n) is 1.31. The van der Waals surface area contributed by atoms with Gasteiger partial charge in [0.25, 0.3) is 0 Å². The fraction of sp³-hybridized carbons (Fsp3) is 0.778. The minimum atomic E-state index is -0.563. The molecule has 0 bridgehead atoms. The molecule has 4 nitrogen and oxygen atoms in total. The Kier molecular flexibility index (Phi) is 2.64. The standard InChI is InChI=1S/C9H14O4/c1-2-3-11-9(7-5-13-7)8(10)6-4-12-6/h2,6-10H,1,3-5H2. The van der Waals surface area contributed by atoms with Gasteiger partial charge in [0.05, 0.1) is 19.8 Å². The Balaban J connectivity index is 1.83. The van der Waals surface area contributed by atoms with Gasteiger partial charge in [-0.2, -0.15) is 0 Å². The second-order valence-corrected chi connectivity index (χ2v) is 3.32. The van der Waals surface area contributed by atoms with Gasteiger partial charge in [-0.3, -0.25) is 0 Å². The van der Waals surface area contributed by atoms with Gasteiger partial charge in [0, 0.05) is 0 Å². The van der Waals surface area contributed by atoms with E-state index in [4.69, 9.17) is 14.2 Å². The molecule has 0 spiro atoms. The Bertz CT molecular complexity index is 186. The van der Waals surface area contributed by atoms with E-state index in [1.54, 1.807) is 6.08 Å². The molecule has 0 aromatic carbocycles. The van der Waals surface area contributed by atoms with Crippen molar-refractivity contribution in [3.8, 4) is 0 Å². The lowest BCUT2D eigenvalue weighted by atomic mass is 10.1. The first-order valence-electron chi connectivity index (χ1n) is 4.46. The van der Waals surface area contributed by atoms with E-state index < -0.39 is 6.10 Å². The third kappa shape index (κ3) is 2.28. The molecule has 1 N–H and O–H groups in total. The maximum Gasteiger partial charge on any atom is 0.115 e. The van der Waals surface area contributed by atoms with Crippen molar-refractivity contribution in [2.45, 2.75) is 24.4 Å². The van der Waals surface area contributed by atoms with E-state index in [1.807, 2.05) is 0 Å². The Morgan fingerprint density at radius 1 is 1.46 bits per heavy atom. The van der Waals surface area contributed by atoms with E-state index >= 15 is 0 Å². The zero-order valence-corrected chi connectivity index (χ0v) is 7.39. The smallest absolute Gasteiger partial charge is 0.115 e. The van der Waals surface area contributed by atoms with E-state index in [0.29, 0.717) is 19.8 Å². The highest BCUT2D eigenvalue weighted by molar-refractivity contribution is 4.93. The molecule has 2 fully saturated rings. The molecular formula is C9H14O4. The summed E-state index contributed by atoms with van der Waals surface area (Å²) in [7, 11) is 0. The zero-order valence-electron chi connectivity index (χ0n) is 7.39. The van der Waals surface area contributed by atoms with Crippen LogP contribution in [0.5, 0.6) is 0 Å². The van der Waals surface area contributed by atoms with Crippen molar-refractivity contribution in [3.05, 3.63) is 12.7 Å². The average molecular weight is 186 g/mol. The first-order valence-corrected chi connectivity index (χ1v) is 4.46. The third-order valence-corrected chi connectivity index (χ3v) is 2.21. The number of hydrogen-bond donors (Lipinski definition) is 1. The summed E-state index contributed by atoms with van der Waals surface area (Å²) >= 11 is 0. The van der Waals surface area contributed by atoms with E-state index in [-0.39, 0.29) is 18.3 Å². The van der Waals surface area contributed by atoms with E-state index in [1.165, 1.54) is 0 Å². The molecule has 0 saturated carbocycles. The molecule has 4 heteroatoms. The van der Waals surface area contributed by atoms with Crippen LogP contribution in [0.2, 0.25) is 0 Å². The summed E-state index contributed by atoms with van der Waals surface area (Å²) in [5, 5.41) is 9.72. The Morgan fingerprint density at radius 3 is 2.54 bits per heavy atom. The Morgan fingerprint density at radius 2 is 2.08 bits per heavy atom. The normalized spacial score (nSPS) is 35.2. The average Bonchev–Trinajstić information content (AvgIpc) is 2.98. The Labute approximate surface area is 77.1 Å². The molecule has 4 atom stereocenters. The molecule has 0 aliphatic carbocycles. The van der Waals surface area contributed by atoms with Crippen molar-refractivity contribution >= 4 is 0 Å². The van der Waals surface area contributed by atoms with Gasteiger partial charge >= 0.3 is 0 Å². The molecule has 0 aromatic rings. The van der Waals surface area contributed by atoms with Crippen molar-refractivity contribution in [2.24, 2.45) is 0 Å². The van der Waals surface area contributed by atoms with Gasteiger partial charge in [-0.15, -0.1) is 6.58 Å². The summed E-state index contributed by atoms with van der Waals surface area (Å²) in [6.07, 6.45) is 0.826. The minimum Gasteiger partial charge on any atom is -0.387 e.